The number of benzene rings is 2. The molecule has 1 N–H and O–H groups in total. The highest BCUT2D eigenvalue weighted by atomic mass is 19.1. The van der Waals surface area contributed by atoms with Crippen molar-refractivity contribution in [1.82, 2.24) is 30.1 Å². The van der Waals surface area contributed by atoms with E-state index in [9.17, 15) is 9.18 Å². The van der Waals surface area contributed by atoms with Gasteiger partial charge in [0.05, 0.1) is 11.6 Å². The smallest absolute Gasteiger partial charge is 0.252 e. The minimum Gasteiger partial charge on any atom is -0.322 e. The highest BCUT2D eigenvalue weighted by molar-refractivity contribution is 5.83. The first kappa shape index (κ1) is 24.7. The molecule has 0 radical (unpaired) electrons. The second-order valence-electron chi connectivity index (χ2n) is 10.2. The molecule has 0 fully saturated rings. The summed E-state index contributed by atoms with van der Waals surface area (Å²) in [6, 6.07) is 12.4. The number of nitrogens with one attached hydrogen (secondary N) is 1. The van der Waals surface area contributed by atoms with Crippen molar-refractivity contribution in [2.75, 3.05) is 0 Å². The van der Waals surface area contributed by atoms with Crippen LogP contribution < -0.4 is 5.56 Å². The molecule has 0 unspecified atom stereocenters. The number of halogens is 1. The van der Waals surface area contributed by atoms with Gasteiger partial charge in [-0.15, -0.1) is 5.10 Å². The van der Waals surface area contributed by atoms with Crippen molar-refractivity contribution in [2.45, 2.75) is 72.6 Å². The third kappa shape index (κ3) is 5.32. The van der Waals surface area contributed by atoms with Crippen molar-refractivity contribution in [3.8, 4) is 0 Å². The highest BCUT2D eigenvalue weighted by Gasteiger charge is 2.29. The number of tetrazole rings is 1. The van der Waals surface area contributed by atoms with Gasteiger partial charge >= 0.3 is 0 Å². The van der Waals surface area contributed by atoms with E-state index < -0.39 is 0 Å². The summed E-state index contributed by atoms with van der Waals surface area (Å²) in [6.45, 7) is 13.2. The van der Waals surface area contributed by atoms with Gasteiger partial charge in [0.25, 0.3) is 5.56 Å². The topological polar surface area (TPSA) is 79.7 Å². The zero-order valence-electron chi connectivity index (χ0n) is 21.3. The number of fused-ring (bicyclic) bond motifs is 1. The summed E-state index contributed by atoms with van der Waals surface area (Å²) in [5.41, 5.74) is 4.26. The van der Waals surface area contributed by atoms with Crippen molar-refractivity contribution < 1.29 is 4.39 Å². The summed E-state index contributed by atoms with van der Waals surface area (Å²) in [7, 11) is 0. The first-order chi connectivity index (χ1) is 16.6. The number of hydrogen-bond donors (Lipinski definition) is 1. The SMILES string of the molecule is CC[C@@H](c1nnnn1C(C)(C)C)N(Cc1ccc(F)cc1)Cc1cc2c(C)cc(C)cc2[nH]c1=O. The van der Waals surface area contributed by atoms with Crippen LogP contribution in [0.15, 0.2) is 47.3 Å². The molecule has 0 aliphatic rings. The number of pyridine rings is 1. The summed E-state index contributed by atoms with van der Waals surface area (Å²) < 4.78 is 15.4. The number of aromatic nitrogens is 5. The van der Waals surface area contributed by atoms with Crippen LogP contribution in [-0.2, 0) is 18.6 Å². The fourth-order valence-corrected chi connectivity index (χ4v) is 4.64. The molecule has 0 amide bonds. The van der Waals surface area contributed by atoms with Crippen molar-refractivity contribution in [1.29, 1.82) is 0 Å². The van der Waals surface area contributed by atoms with E-state index in [0.29, 0.717) is 18.7 Å². The lowest BCUT2D eigenvalue weighted by Crippen LogP contribution is -2.35. The number of aromatic amines is 1. The number of hydrogen-bond acceptors (Lipinski definition) is 5. The summed E-state index contributed by atoms with van der Waals surface area (Å²) in [5, 5.41) is 13.6. The lowest BCUT2D eigenvalue weighted by molar-refractivity contribution is 0.153. The van der Waals surface area contributed by atoms with E-state index in [1.165, 1.54) is 12.1 Å². The Morgan fingerprint density at radius 1 is 1.09 bits per heavy atom. The van der Waals surface area contributed by atoms with Crippen molar-refractivity contribution >= 4 is 10.9 Å². The maximum absolute atomic E-state index is 13.6. The molecule has 184 valence electrons. The molecule has 4 rings (SSSR count). The van der Waals surface area contributed by atoms with E-state index >= 15 is 0 Å². The van der Waals surface area contributed by atoms with Gasteiger partial charge < -0.3 is 4.98 Å². The molecule has 0 aliphatic carbocycles. The molecule has 2 heterocycles. The third-order valence-electron chi connectivity index (χ3n) is 6.32. The Morgan fingerprint density at radius 3 is 2.46 bits per heavy atom. The van der Waals surface area contributed by atoms with E-state index in [0.717, 1.165) is 39.8 Å². The fraction of sp³-hybridized carbons (Fsp3) is 0.407. The van der Waals surface area contributed by atoms with Crippen LogP contribution in [0.3, 0.4) is 0 Å². The molecule has 7 nitrogen and oxygen atoms in total. The van der Waals surface area contributed by atoms with Gasteiger partial charge in [0, 0.05) is 29.6 Å². The summed E-state index contributed by atoms with van der Waals surface area (Å²) in [5.74, 6) is 0.465. The average molecular weight is 477 g/mol. The number of rotatable bonds is 7. The second-order valence-corrected chi connectivity index (χ2v) is 10.2. The first-order valence-corrected chi connectivity index (χ1v) is 12.0. The van der Waals surface area contributed by atoms with Gasteiger partial charge in [-0.25, -0.2) is 9.07 Å². The molecule has 8 heteroatoms. The van der Waals surface area contributed by atoms with Crippen LogP contribution in [0.4, 0.5) is 4.39 Å². The normalized spacial score (nSPS) is 13.0. The highest BCUT2D eigenvalue weighted by Crippen LogP contribution is 2.29. The molecule has 0 saturated heterocycles. The lowest BCUT2D eigenvalue weighted by atomic mass is 10.0. The van der Waals surface area contributed by atoms with Gasteiger partial charge in [-0.1, -0.05) is 25.1 Å². The molecule has 2 aromatic heterocycles. The van der Waals surface area contributed by atoms with Gasteiger partial charge in [-0.3, -0.25) is 9.69 Å². The van der Waals surface area contributed by atoms with E-state index in [4.69, 9.17) is 0 Å². The molecule has 4 aromatic rings. The quantitative estimate of drug-likeness (QED) is 0.398. The summed E-state index contributed by atoms with van der Waals surface area (Å²) >= 11 is 0. The zero-order valence-corrected chi connectivity index (χ0v) is 21.3. The third-order valence-corrected chi connectivity index (χ3v) is 6.32. The predicted molar refractivity (Wildman–Crippen MR) is 136 cm³/mol. The zero-order chi connectivity index (χ0) is 25.3. The predicted octanol–water partition coefficient (Wildman–Crippen LogP) is 5.18. The summed E-state index contributed by atoms with van der Waals surface area (Å²) in [4.78, 5) is 18.4. The van der Waals surface area contributed by atoms with Gasteiger partial charge in [0.2, 0.25) is 0 Å². The number of aryl methyl sites for hydroxylation is 2. The van der Waals surface area contributed by atoms with Gasteiger partial charge in [-0.2, -0.15) is 0 Å². The van der Waals surface area contributed by atoms with Crippen LogP contribution in [0.2, 0.25) is 0 Å². The van der Waals surface area contributed by atoms with Crippen molar-refractivity contribution in [2.24, 2.45) is 0 Å². The van der Waals surface area contributed by atoms with Gasteiger partial charge in [-0.05, 0) is 92.4 Å². The van der Waals surface area contributed by atoms with Crippen LogP contribution >= 0.6 is 0 Å². The van der Waals surface area contributed by atoms with E-state index in [2.05, 4.69) is 66.1 Å². The summed E-state index contributed by atoms with van der Waals surface area (Å²) in [6.07, 6.45) is 0.737. The van der Waals surface area contributed by atoms with Crippen LogP contribution in [-0.4, -0.2) is 30.1 Å². The van der Waals surface area contributed by atoms with Crippen LogP contribution in [0, 0.1) is 19.7 Å². The Balaban J connectivity index is 1.79. The Labute approximate surface area is 205 Å². The Morgan fingerprint density at radius 2 is 1.80 bits per heavy atom. The van der Waals surface area contributed by atoms with Crippen LogP contribution in [0.1, 0.15) is 68.2 Å². The number of nitrogens with zero attached hydrogens (tertiary/aromatic N) is 5. The molecular formula is C27H33FN6O. The van der Waals surface area contributed by atoms with Crippen LogP contribution in [0.5, 0.6) is 0 Å². The van der Waals surface area contributed by atoms with Gasteiger partial charge in [0.1, 0.15) is 5.82 Å². The monoisotopic (exact) mass is 476 g/mol. The molecule has 0 aliphatic heterocycles. The molecule has 2 aromatic carbocycles. The Kier molecular flexibility index (Phi) is 6.85. The fourth-order valence-electron chi connectivity index (χ4n) is 4.64. The minimum atomic E-state index is -0.302. The lowest BCUT2D eigenvalue weighted by Gasteiger charge is -2.32. The van der Waals surface area contributed by atoms with E-state index in [-0.39, 0.29) is 23.0 Å². The van der Waals surface area contributed by atoms with Crippen molar-refractivity contribution in [3.05, 3.63) is 86.7 Å². The Bertz CT molecular complexity index is 1380. The minimum absolute atomic E-state index is 0.114. The molecular weight excluding hydrogens is 443 g/mol. The molecule has 0 spiro atoms. The second kappa shape index (κ2) is 9.70. The molecule has 35 heavy (non-hydrogen) atoms. The average Bonchev–Trinajstić information content (AvgIpc) is 3.27. The van der Waals surface area contributed by atoms with E-state index in [1.54, 1.807) is 12.1 Å². The first-order valence-electron chi connectivity index (χ1n) is 12.0. The molecule has 1 atom stereocenters. The molecule has 0 saturated carbocycles. The maximum Gasteiger partial charge on any atom is 0.252 e. The maximum atomic E-state index is 13.6. The standard InChI is InChI=1S/C27H33FN6O/c1-7-24(25-30-31-32-34(25)27(4,5)6)33(15-19-8-10-21(28)11-9-19)16-20-14-22-18(3)12-17(2)13-23(22)29-26(20)35/h8-14,24H,7,15-16H2,1-6H3,(H,29,35)/t24-/m0/s1. The van der Waals surface area contributed by atoms with E-state index in [1.807, 2.05) is 23.7 Å². The Hall–Kier alpha value is -3.39. The largest absolute Gasteiger partial charge is 0.322 e. The van der Waals surface area contributed by atoms with Gasteiger partial charge in [0.15, 0.2) is 5.82 Å². The van der Waals surface area contributed by atoms with Crippen molar-refractivity contribution in [3.63, 3.8) is 0 Å². The number of H-pyrrole nitrogens is 1. The van der Waals surface area contributed by atoms with Crippen LogP contribution in [0.25, 0.3) is 10.9 Å². The molecule has 0 bridgehead atoms.